The van der Waals surface area contributed by atoms with Gasteiger partial charge >= 0.3 is 0 Å². The fraction of sp³-hybridized carbons (Fsp3) is 0.900. The Labute approximate surface area is 83.4 Å². The smallest absolute Gasteiger partial charge is 0.144 e. The molecule has 0 aromatic carbocycles. The van der Waals surface area contributed by atoms with Crippen molar-refractivity contribution in [3.63, 3.8) is 0 Å². The molecule has 13 heavy (non-hydrogen) atoms. The molecule has 0 heterocycles. The monoisotopic (exact) mass is 201 g/mol. The highest BCUT2D eigenvalue weighted by atomic mass is 32.2. The first-order valence-corrected chi connectivity index (χ1v) is 6.05. The van der Waals surface area contributed by atoms with Gasteiger partial charge in [-0.25, -0.2) is 4.21 Å². The summed E-state index contributed by atoms with van der Waals surface area (Å²) in [5, 5.41) is 0. The average molecular weight is 201 g/mol. The van der Waals surface area contributed by atoms with Crippen molar-refractivity contribution >= 4 is 17.2 Å². The van der Waals surface area contributed by atoms with Gasteiger partial charge in [-0.15, -0.1) is 0 Å². The van der Waals surface area contributed by atoms with E-state index in [1.165, 1.54) is 19.3 Å². The molecule has 1 aliphatic carbocycles. The van der Waals surface area contributed by atoms with Crippen LogP contribution in [-0.4, -0.2) is 15.2 Å². The van der Waals surface area contributed by atoms with E-state index in [4.69, 9.17) is 0 Å². The quantitative estimate of drug-likeness (QED) is 0.646. The van der Waals surface area contributed by atoms with E-state index in [1.54, 1.807) is 0 Å². The van der Waals surface area contributed by atoms with Gasteiger partial charge in [0.15, 0.2) is 0 Å². The molecule has 0 N–H and O–H groups in total. The first kappa shape index (κ1) is 10.9. The molecule has 2 nitrogen and oxygen atoms in total. The van der Waals surface area contributed by atoms with E-state index in [2.05, 4.69) is 4.40 Å². The molecule has 0 aromatic heterocycles. The van der Waals surface area contributed by atoms with Crippen LogP contribution in [0.15, 0.2) is 4.40 Å². The SMILES string of the molecule is CC(C)(C)S(=O)N=CCC1CCC1. The maximum atomic E-state index is 11.5. The van der Waals surface area contributed by atoms with Crippen molar-refractivity contribution in [2.75, 3.05) is 0 Å². The third-order valence-electron chi connectivity index (χ3n) is 2.36. The van der Waals surface area contributed by atoms with Crippen LogP contribution in [0.3, 0.4) is 0 Å². The molecule has 0 spiro atoms. The molecule has 1 fully saturated rings. The third kappa shape index (κ3) is 3.59. The summed E-state index contributed by atoms with van der Waals surface area (Å²) < 4.78 is 15.3. The van der Waals surface area contributed by atoms with Gasteiger partial charge in [-0.2, -0.15) is 4.40 Å². The number of hydrogen-bond donors (Lipinski definition) is 0. The molecule has 76 valence electrons. The second kappa shape index (κ2) is 4.36. The number of rotatable bonds is 3. The minimum Gasteiger partial charge on any atom is -0.234 e. The average Bonchev–Trinajstić information content (AvgIpc) is 1.91. The molecule has 1 atom stereocenters. The van der Waals surface area contributed by atoms with Crippen molar-refractivity contribution < 1.29 is 4.21 Å². The molecule has 1 saturated carbocycles. The molecule has 3 heteroatoms. The van der Waals surface area contributed by atoms with Gasteiger partial charge in [0.1, 0.15) is 11.0 Å². The van der Waals surface area contributed by atoms with Crippen LogP contribution in [0.1, 0.15) is 46.5 Å². The summed E-state index contributed by atoms with van der Waals surface area (Å²) in [6.45, 7) is 5.84. The van der Waals surface area contributed by atoms with Gasteiger partial charge in [0.2, 0.25) is 0 Å². The van der Waals surface area contributed by atoms with Crippen LogP contribution in [0.5, 0.6) is 0 Å². The largest absolute Gasteiger partial charge is 0.234 e. The highest BCUT2D eigenvalue weighted by molar-refractivity contribution is 7.85. The molecule has 0 bridgehead atoms. The van der Waals surface area contributed by atoms with Crippen molar-refractivity contribution in [1.29, 1.82) is 0 Å². The van der Waals surface area contributed by atoms with E-state index < -0.39 is 11.0 Å². The van der Waals surface area contributed by atoms with Crippen LogP contribution in [-0.2, 0) is 11.0 Å². The Balaban J connectivity index is 2.26. The number of nitrogens with zero attached hydrogens (tertiary/aromatic N) is 1. The van der Waals surface area contributed by atoms with Crippen LogP contribution in [0.4, 0.5) is 0 Å². The Morgan fingerprint density at radius 1 is 1.46 bits per heavy atom. The normalized spacial score (nSPS) is 21.8. The summed E-state index contributed by atoms with van der Waals surface area (Å²) in [6.07, 6.45) is 6.89. The second-order valence-corrected chi connectivity index (χ2v) is 6.62. The van der Waals surface area contributed by atoms with Gasteiger partial charge in [0.05, 0.1) is 4.75 Å². The maximum Gasteiger partial charge on any atom is 0.144 e. The van der Waals surface area contributed by atoms with E-state index >= 15 is 0 Å². The van der Waals surface area contributed by atoms with Crippen LogP contribution in [0.2, 0.25) is 0 Å². The van der Waals surface area contributed by atoms with Gasteiger partial charge < -0.3 is 0 Å². The molecule has 0 aliphatic heterocycles. The van der Waals surface area contributed by atoms with Gasteiger partial charge in [0, 0.05) is 6.21 Å². The van der Waals surface area contributed by atoms with Gasteiger partial charge in [0.25, 0.3) is 0 Å². The van der Waals surface area contributed by atoms with E-state index in [0.717, 1.165) is 12.3 Å². The van der Waals surface area contributed by atoms with E-state index in [1.807, 2.05) is 27.0 Å². The Morgan fingerprint density at radius 3 is 2.46 bits per heavy atom. The highest BCUT2D eigenvalue weighted by Crippen LogP contribution is 2.28. The Hall–Kier alpha value is -0.180. The second-order valence-electron chi connectivity index (χ2n) is 4.68. The van der Waals surface area contributed by atoms with Gasteiger partial charge in [-0.3, -0.25) is 0 Å². The van der Waals surface area contributed by atoms with E-state index in [9.17, 15) is 4.21 Å². The Kier molecular flexibility index (Phi) is 3.65. The predicted molar refractivity (Wildman–Crippen MR) is 58.3 cm³/mol. The Morgan fingerprint density at radius 2 is 2.08 bits per heavy atom. The van der Waals surface area contributed by atoms with Crippen molar-refractivity contribution in [2.24, 2.45) is 10.3 Å². The molecule has 1 aliphatic rings. The minimum atomic E-state index is -1.06. The Bertz CT molecular complexity index is 213. The standard InChI is InChI=1S/C10H19NOS/c1-10(2,3)13(12)11-8-7-9-5-4-6-9/h8-9H,4-7H2,1-3H3. The molecule has 0 amide bonds. The zero-order chi connectivity index (χ0) is 9.90. The van der Waals surface area contributed by atoms with Crippen molar-refractivity contribution in [3.05, 3.63) is 0 Å². The highest BCUT2D eigenvalue weighted by Gasteiger charge is 2.19. The summed E-state index contributed by atoms with van der Waals surface area (Å²) in [4.78, 5) is 0. The zero-order valence-corrected chi connectivity index (χ0v) is 9.56. The summed E-state index contributed by atoms with van der Waals surface area (Å²) in [7, 11) is -1.06. The zero-order valence-electron chi connectivity index (χ0n) is 8.75. The lowest BCUT2D eigenvalue weighted by Crippen LogP contribution is -2.20. The van der Waals surface area contributed by atoms with Crippen LogP contribution >= 0.6 is 0 Å². The molecule has 0 saturated heterocycles. The predicted octanol–water partition coefficient (Wildman–Crippen LogP) is 2.71. The fourth-order valence-corrected chi connectivity index (χ4v) is 1.68. The molecule has 1 rings (SSSR count). The van der Waals surface area contributed by atoms with Gasteiger partial charge in [-0.05, 0) is 33.1 Å². The van der Waals surface area contributed by atoms with E-state index in [0.29, 0.717) is 0 Å². The van der Waals surface area contributed by atoms with Crippen LogP contribution in [0, 0.1) is 5.92 Å². The lowest BCUT2D eigenvalue weighted by molar-refractivity contribution is 0.329. The summed E-state index contributed by atoms with van der Waals surface area (Å²) in [6, 6.07) is 0. The van der Waals surface area contributed by atoms with Gasteiger partial charge in [-0.1, -0.05) is 19.3 Å². The van der Waals surface area contributed by atoms with Crippen LogP contribution < -0.4 is 0 Å². The topological polar surface area (TPSA) is 29.4 Å². The maximum absolute atomic E-state index is 11.5. The molecule has 1 unspecified atom stereocenters. The molecule has 0 radical (unpaired) electrons. The minimum absolute atomic E-state index is 0.212. The number of hydrogen-bond acceptors (Lipinski definition) is 1. The molecule has 0 aromatic rings. The first-order chi connectivity index (χ1) is 6.00. The third-order valence-corrected chi connectivity index (χ3v) is 3.75. The van der Waals surface area contributed by atoms with Crippen molar-refractivity contribution in [3.8, 4) is 0 Å². The summed E-state index contributed by atoms with van der Waals surface area (Å²) in [5.41, 5.74) is 0. The first-order valence-electron chi connectivity index (χ1n) is 4.94. The van der Waals surface area contributed by atoms with E-state index in [-0.39, 0.29) is 4.75 Å². The summed E-state index contributed by atoms with van der Waals surface area (Å²) >= 11 is 0. The van der Waals surface area contributed by atoms with Crippen molar-refractivity contribution in [2.45, 2.75) is 51.2 Å². The lowest BCUT2D eigenvalue weighted by Gasteiger charge is -2.23. The molecular weight excluding hydrogens is 182 g/mol. The molecular formula is C10H19NOS. The fourth-order valence-electron chi connectivity index (χ4n) is 1.15. The van der Waals surface area contributed by atoms with Crippen molar-refractivity contribution in [1.82, 2.24) is 0 Å². The summed E-state index contributed by atoms with van der Waals surface area (Å²) in [5.74, 6) is 0.820. The van der Waals surface area contributed by atoms with Crippen LogP contribution in [0.25, 0.3) is 0 Å². The lowest BCUT2D eigenvalue weighted by atomic mass is 9.83.